The minimum Gasteiger partial charge on any atom is -0.383 e. The van der Waals surface area contributed by atoms with Crippen LogP contribution >= 0.6 is 11.6 Å². The summed E-state index contributed by atoms with van der Waals surface area (Å²) in [5, 5.41) is 20.7. The van der Waals surface area contributed by atoms with Gasteiger partial charge in [-0.3, -0.25) is 9.99 Å². The molecule has 0 amide bonds. The van der Waals surface area contributed by atoms with Crippen molar-refractivity contribution in [2.45, 2.75) is 56.4 Å². The zero-order chi connectivity index (χ0) is 27.5. The van der Waals surface area contributed by atoms with Crippen LogP contribution in [0.3, 0.4) is 0 Å². The summed E-state index contributed by atoms with van der Waals surface area (Å²) >= 11 is 6.83. The molecule has 3 fully saturated rings. The fourth-order valence-corrected chi connectivity index (χ4v) is 6.69. The number of nitrogens with one attached hydrogen (secondary N) is 4. The highest BCUT2D eigenvalue weighted by Gasteiger charge is 2.48. The SMILES string of the molecule is BC(Nc1cc(Cl)c2ncc(C#N)c(NCC3(C4CC4)CCC3)c2c1)(C1=CN(C2CC2)NN1)c1ccc(F)cc1. The lowest BCUT2D eigenvalue weighted by Gasteiger charge is -2.43. The molecule has 4 aliphatic rings. The highest BCUT2D eigenvalue weighted by molar-refractivity contribution is 6.36. The largest absolute Gasteiger partial charge is 0.383 e. The number of pyridine rings is 1. The van der Waals surface area contributed by atoms with Gasteiger partial charge >= 0.3 is 0 Å². The van der Waals surface area contributed by atoms with E-state index in [4.69, 9.17) is 11.6 Å². The van der Waals surface area contributed by atoms with Crippen molar-refractivity contribution in [3.05, 3.63) is 76.5 Å². The number of halogens is 2. The van der Waals surface area contributed by atoms with Crippen molar-refractivity contribution in [1.82, 2.24) is 21.0 Å². The molecule has 1 aromatic heterocycles. The Hall–Kier alpha value is -3.48. The van der Waals surface area contributed by atoms with Crippen LogP contribution in [0.2, 0.25) is 5.02 Å². The highest BCUT2D eigenvalue weighted by Crippen LogP contribution is 2.57. The van der Waals surface area contributed by atoms with Gasteiger partial charge in [-0.25, -0.2) is 4.39 Å². The molecule has 0 spiro atoms. The van der Waals surface area contributed by atoms with Crippen molar-refractivity contribution in [3.8, 4) is 6.07 Å². The van der Waals surface area contributed by atoms with Gasteiger partial charge in [0, 0.05) is 36.1 Å². The maximum absolute atomic E-state index is 13.9. The highest BCUT2D eigenvalue weighted by atomic mass is 35.5. The Morgan fingerprint density at radius 2 is 1.98 bits per heavy atom. The predicted octanol–water partition coefficient (Wildman–Crippen LogP) is 5.12. The first-order chi connectivity index (χ1) is 19.4. The lowest BCUT2D eigenvalue weighted by atomic mass is 9.65. The number of anilines is 2. The molecule has 7 nitrogen and oxygen atoms in total. The number of hydrogen-bond donors (Lipinski definition) is 4. The Morgan fingerprint density at radius 3 is 2.62 bits per heavy atom. The third kappa shape index (κ3) is 4.44. The summed E-state index contributed by atoms with van der Waals surface area (Å²) in [6.45, 7) is 0.855. The molecule has 1 atom stereocenters. The molecule has 4 N–H and O–H groups in total. The lowest BCUT2D eigenvalue weighted by molar-refractivity contribution is 0.118. The molecule has 0 saturated heterocycles. The van der Waals surface area contributed by atoms with Gasteiger partial charge < -0.3 is 16.1 Å². The zero-order valence-electron chi connectivity index (χ0n) is 22.5. The fourth-order valence-electron chi connectivity index (χ4n) is 6.43. The van der Waals surface area contributed by atoms with E-state index in [0.717, 1.165) is 53.3 Å². The summed E-state index contributed by atoms with van der Waals surface area (Å²) < 4.78 is 13.9. The van der Waals surface area contributed by atoms with E-state index >= 15 is 0 Å². The van der Waals surface area contributed by atoms with Gasteiger partial charge in [-0.15, -0.1) is 5.53 Å². The molecule has 204 valence electrons. The molecule has 1 unspecified atom stereocenters. The van der Waals surface area contributed by atoms with Gasteiger partial charge in [-0.2, -0.15) is 5.26 Å². The van der Waals surface area contributed by atoms with Crippen LogP contribution in [-0.4, -0.2) is 30.4 Å². The topological polar surface area (TPSA) is 88.0 Å². The fraction of sp³-hybridized carbons (Fsp3) is 0.400. The average molecular weight is 556 g/mol. The maximum Gasteiger partial charge on any atom is 0.148 e. The third-order valence-corrected chi connectivity index (χ3v) is 9.63. The van der Waals surface area contributed by atoms with Crippen LogP contribution in [0.25, 0.3) is 10.9 Å². The predicted molar refractivity (Wildman–Crippen MR) is 158 cm³/mol. The number of hydrazine groups is 2. The summed E-state index contributed by atoms with van der Waals surface area (Å²) in [5.74, 6) is 0.507. The quantitative estimate of drug-likeness (QED) is 0.273. The van der Waals surface area contributed by atoms with Crippen molar-refractivity contribution < 1.29 is 4.39 Å². The van der Waals surface area contributed by atoms with Crippen molar-refractivity contribution in [1.29, 1.82) is 5.26 Å². The van der Waals surface area contributed by atoms with E-state index in [9.17, 15) is 9.65 Å². The third-order valence-electron chi connectivity index (χ3n) is 9.34. The first kappa shape index (κ1) is 25.5. The number of rotatable bonds is 9. The second-order valence-corrected chi connectivity index (χ2v) is 12.4. The minimum atomic E-state index is -0.739. The average Bonchev–Trinajstić information content (AvgIpc) is 3.87. The van der Waals surface area contributed by atoms with Gasteiger partial charge in [0.05, 0.1) is 32.9 Å². The molecule has 2 heterocycles. The smallest absolute Gasteiger partial charge is 0.148 e. The first-order valence-electron chi connectivity index (χ1n) is 14.2. The molecule has 7 rings (SSSR count). The summed E-state index contributed by atoms with van der Waals surface area (Å²) in [6.07, 6.45) is 12.4. The Kier molecular flexibility index (Phi) is 6.10. The van der Waals surface area contributed by atoms with Crippen LogP contribution in [0.5, 0.6) is 0 Å². The molecular weight excluding hydrogens is 524 g/mol. The molecule has 3 saturated carbocycles. The van der Waals surface area contributed by atoms with Crippen LogP contribution < -0.4 is 21.6 Å². The first-order valence-corrected chi connectivity index (χ1v) is 14.6. The van der Waals surface area contributed by atoms with Gasteiger partial charge in [0.15, 0.2) is 0 Å². The Morgan fingerprint density at radius 1 is 1.20 bits per heavy atom. The van der Waals surface area contributed by atoms with E-state index in [-0.39, 0.29) is 5.82 Å². The second kappa shape index (κ2) is 9.57. The summed E-state index contributed by atoms with van der Waals surface area (Å²) in [7, 11) is 2.06. The van der Waals surface area contributed by atoms with E-state index in [1.165, 1.54) is 44.2 Å². The molecule has 0 radical (unpaired) electrons. The van der Waals surface area contributed by atoms with Crippen molar-refractivity contribution in [2.24, 2.45) is 11.3 Å². The number of nitriles is 1. The summed E-state index contributed by atoms with van der Waals surface area (Å²) in [4.78, 5) is 4.55. The van der Waals surface area contributed by atoms with E-state index in [0.29, 0.717) is 27.6 Å². The van der Waals surface area contributed by atoms with Crippen molar-refractivity contribution in [3.63, 3.8) is 0 Å². The Labute approximate surface area is 239 Å². The Bertz CT molecular complexity index is 1540. The molecule has 0 bridgehead atoms. The minimum absolute atomic E-state index is 0.285. The summed E-state index contributed by atoms with van der Waals surface area (Å²) in [6, 6.07) is 13.2. The normalized spacial score (nSPS) is 21.1. The molecule has 3 aromatic rings. The Balaban J connectivity index is 1.28. The number of aromatic nitrogens is 1. The van der Waals surface area contributed by atoms with Crippen LogP contribution in [0.15, 0.2) is 54.5 Å². The zero-order valence-corrected chi connectivity index (χ0v) is 23.3. The van der Waals surface area contributed by atoms with E-state index in [1.54, 1.807) is 18.3 Å². The van der Waals surface area contributed by atoms with E-state index in [2.05, 4.69) is 51.7 Å². The molecule has 2 aromatic carbocycles. The van der Waals surface area contributed by atoms with Crippen LogP contribution in [0.1, 0.15) is 56.1 Å². The molecule has 10 heteroatoms. The van der Waals surface area contributed by atoms with Gasteiger partial charge in [0.1, 0.15) is 19.7 Å². The van der Waals surface area contributed by atoms with Crippen molar-refractivity contribution in [2.75, 3.05) is 17.2 Å². The van der Waals surface area contributed by atoms with Crippen LogP contribution in [0.4, 0.5) is 15.8 Å². The number of fused-ring (bicyclic) bond motifs is 1. The number of hydrogen-bond acceptors (Lipinski definition) is 7. The number of benzene rings is 2. The molecule has 3 aliphatic carbocycles. The van der Waals surface area contributed by atoms with E-state index < -0.39 is 5.44 Å². The maximum atomic E-state index is 13.9. The molecule has 1 aliphatic heterocycles. The summed E-state index contributed by atoms with van der Waals surface area (Å²) in [5.41, 5.74) is 10.7. The lowest BCUT2D eigenvalue weighted by Crippen LogP contribution is -2.45. The van der Waals surface area contributed by atoms with Crippen LogP contribution in [-0.2, 0) is 5.44 Å². The van der Waals surface area contributed by atoms with Gasteiger partial charge in [-0.05, 0) is 79.7 Å². The monoisotopic (exact) mass is 555 g/mol. The van der Waals surface area contributed by atoms with Gasteiger partial charge in [-0.1, -0.05) is 30.2 Å². The van der Waals surface area contributed by atoms with E-state index in [1.807, 2.05) is 12.1 Å². The molecule has 40 heavy (non-hydrogen) atoms. The number of nitrogens with zero attached hydrogens (tertiary/aromatic N) is 3. The van der Waals surface area contributed by atoms with Crippen molar-refractivity contribution >= 4 is 41.7 Å². The van der Waals surface area contributed by atoms with Gasteiger partial charge in [0.2, 0.25) is 0 Å². The van der Waals surface area contributed by atoms with Crippen LogP contribution in [0, 0.1) is 28.5 Å². The second-order valence-electron chi connectivity index (χ2n) is 12.0. The molecular formula is C30H32BClFN7. The van der Waals surface area contributed by atoms with Gasteiger partial charge in [0.25, 0.3) is 0 Å². The standard InChI is InChI=1S/C30H32BClFN7/c31-30(20-4-6-21(33)7-5-20,26-16-40(39-38-26)23-8-9-23)37-22-12-24-27(18(14-34)15-35-28(24)25(32)13-22)36-17-29(10-1-11-29)19-2-3-19/h4-7,12-13,15-16,19,23,37-39H,1-3,8-11,17,31H2,(H,35,36).